The molecule has 1 aromatic heterocycles. The normalized spacial score (nSPS) is 30.2. The fraction of sp³-hybridized carbons (Fsp3) is 0.714. The Balaban J connectivity index is 1.62. The molecule has 110 valence electrons. The van der Waals surface area contributed by atoms with E-state index < -0.39 is 0 Å². The van der Waals surface area contributed by atoms with Crippen molar-refractivity contribution < 1.29 is 9.53 Å². The van der Waals surface area contributed by atoms with E-state index in [9.17, 15) is 4.79 Å². The number of nitrogens with zero attached hydrogens (tertiary/aromatic N) is 3. The first-order valence-electron chi connectivity index (χ1n) is 7.19. The van der Waals surface area contributed by atoms with Crippen molar-refractivity contribution in [2.24, 2.45) is 7.05 Å². The molecule has 6 nitrogen and oxygen atoms in total. The molecule has 2 aliphatic heterocycles. The van der Waals surface area contributed by atoms with E-state index in [4.69, 9.17) is 4.74 Å². The first-order valence-corrected chi connectivity index (χ1v) is 7.19. The van der Waals surface area contributed by atoms with Gasteiger partial charge in [-0.2, -0.15) is 5.10 Å². The topological polar surface area (TPSA) is 59.4 Å². The summed E-state index contributed by atoms with van der Waals surface area (Å²) in [6, 6.07) is 0.660. The molecule has 2 fully saturated rings. The van der Waals surface area contributed by atoms with Gasteiger partial charge in [-0.3, -0.25) is 14.4 Å². The van der Waals surface area contributed by atoms with E-state index in [1.807, 2.05) is 14.0 Å². The zero-order valence-electron chi connectivity index (χ0n) is 12.3. The first-order chi connectivity index (χ1) is 9.52. The number of morpholine rings is 1. The van der Waals surface area contributed by atoms with Gasteiger partial charge in [0.25, 0.3) is 5.91 Å². The molecule has 0 radical (unpaired) electrons. The molecule has 1 aromatic rings. The summed E-state index contributed by atoms with van der Waals surface area (Å²) in [4.78, 5) is 14.7. The van der Waals surface area contributed by atoms with Gasteiger partial charge < -0.3 is 10.1 Å². The Morgan fingerprint density at radius 2 is 2.30 bits per heavy atom. The maximum atomic E-state index is 12.3. The first kappa shape index (κ1) is 13.6. The average molecular weight is 278 g/mol. The third-order valence-corrected chi connectivity index (χ3v) is 4.19. The van der Waals surface area contributed by atoms with Crippen LogP contribution in [0, 0.1) is 6.92 Å². The second kappa shape index (κ2) is 5.18. The summed E-state index contributed by atoms with van der Waals surface area (Å²) < 4.78 is 7.36. The minimum atomic E-state index is -0.0191. The van der Waals surface area contributed by atoms with Crippen LogP contribution in [0.3, 0.4) is 0 Å². The summed E-state index contributed by atoms with van der Waals surface area (Å²) in [7, 11) is 1.83. The highest BCUT2D eigenvalue weighted by atomic mass is 16.5. The zero-order chi connectivity index (χ0) is 14.3. The summed E-state index contributed by atoms with van der Waals surface area (Å²) in [5.41, 5.74) is 1.44. The largest absolute Gasteiger partial charge is 0.376 e. The Hall–Kier alpha value is -1.40. The standard InChI is InChI=1S/C14H22N4O2/c1-9-5-18-6-11(4-12(18)8-20-9)15-14(19)13-7-17(3)16-10(13)2/h7,9,11-12H,4-6,8H2,1-3H3,(H,15,19)/t9-,11-,12+/m1/s1. The van der Waals surface area contributed by atoms with Crippen LogP contribution in [-0.2, 0) is 11.8 Å². The fourth-order valence-corrected chi connectivity index (χ4v) is 3.23. The molecule has 0 saturated carbocycles. The van der Waals surface area contributed by atoms with Crippen LogP contribution >= 0.6 is 0 Å². The van der Waals surface area contributed by atoms with Crippen LogP contribution < -0.4 is 5.32 Å². The van der Waals surface area contributed by atoms with Gasteiger partial charge >= 0.3 is 0 Å². The van der Waals surface area contributed by atoms with E-state index in [0.717, 1.165) is 31.8 Å². The summed E-state index contributed by atoms with van der Waals surface area (Å²) in [6.45, 7) is 6.62. The van der Waals surface area contributed by atoms with Gasteiger partial charge in [-0.1, -0.05) is 0 Å². The highest BCUT2D eigenvalue weighted by molar-refractivity contribution is 5.95. The molecule has 2 saturated heterocycles. The second-order valence-corrected chi connectivity index (χ2v) is 5.96. The third-order valence-electron chi connectivity index (χ3n) is 4.19. The van der Waals surface area contributed by atoms with Gasteiger partial charge in [0.1, 0.15) is 0 Å². The van der Waals surface area contributed by atoms with Gasteiger partial charge in [0.05, 0.1) is 24.0 Å². The molecular weight excluding hydrogens is 256 g/mol. The molecule has 3 heterocycles. The van der Waals surface area contributed by atoms with Gasteiger partial charge in [0, 0.05) is 38.4 Å². The number of carbonyl (C=O) groups is 1. The predicted molar refractivity (Wildman–Crippen MR) is 74.6 cm³/mol. The van der Waals surface area contributed by atoms with E-state index in [2.05, 4.69) is 22.2 Å². The Labute approximate surface area is 119 Å². The summed E-state index contributed by atoms with van der Waals surface area (Å²) >= 11 is 0. The van der Waals surface area contributed by atoms with Crippen molar-refractivity contribution in [3.63, 3.8) is 0 Å². The summed E-state index contributed by atoms with van der Waals surface area (Å²) in [5, 5.41) is 7.35. The smallest absolute Gasteiger partial charge is 0.255 e. The highest BCUT2D eigenvalue weighted by Gasteiger charge is 2.36. The van der Waals surface area contributed by atoms with E-state index in [1.165, 1.54) is 0 Å². The van der Waals surface area contributed by atoms with E-state index in [0.29, 0.717) is 17.7 Å². The van der Waals surface area contributed by atoms with Crippen molar-refractivity contribution in [1.82, 2.24) is 20.0 Å². The van der Waals surface area contributed by atoms with E-state index >= 15 is 0 Å². The number of aromatic nitrogens is 2. The fourth-order valence-electron chi connectivity index (χ4n) is 3.23. The van der Waals surface area contributed by atoms with Gasteiger partial charge in [-0.25, -0.2) is 0 Å². The van der Waals surface area contributed by atoms with Crippen LogP contribution in [0.25, 0.3) is 0 Å². The van der Waals surface area contributed by atoms with Gasteiger partial charge in [-0.05, 0) is 20.3 Å². The Bertz CT molecular complexity index is 513. The molecule has 0 spiro atoms. The van der Waals surface area contributed by atoms with Gasteiger partial charge in [0.15, 0.2) is 0 Å². The molecule has 3 rings (SSSR count). The maximum absolute atomic E-state index is 12.3. The van der Waals surface area contributed by atoms with Crippen molar-refractivity contribution in [2.45, 2.75) is 38.5 Å². The Morgan fingerprint density at radius 3 is 3.00 bits per heavy atom. The van der Waals surface area contributed by atoms with Crippen molar-refractivity contribution in [3.05, 3.63) is 17.5 Å². The highest BCUT2D eigenvalue weighted by Crippen LogP contribution is 2.23. The number of nitrogens with one attached hydrogen (secondary N) is 1. The molecule has 20 heavy (non-hydrogen) atoms. The Morgan fingerprint density at radius 1 is 1.50 bits per heavy atom. The van der Waals surface area contributed by atoms with Crippen LogP contribution in [0.4, 0.5) is 0 Å². The summed E-state index contributed by atoms with van der Waals surface area (Å²) in [5.74, 6) is -0.0191. The van der Waals surface area contributed by atoms with Crippen LogP contribution in [0.2, 0.25) is 0 Å². The summed E-state index contributed by atoms with van der Waals surface area (Å²) in [6.07, 6.45) is 3.04. The number of hydrogen-bond acceptors (Lipinski definition) is 4. The molecule has 0 bridgehead atoms. The molecule has 1 amide bonds. The minimum absolute atomic E-state index is 0.0191. The van der Waals surface area contributed by atoms with Crippen molar-refractivity contribution in [2.75, 3.05) is 19.7 Å². The quantitative estimate of drug-likeness (QED) is 0.846. The number of ether oxygens (including phenoxy) is 1. The van der Waals surface area contributed by atoms with Crippen LogP contribution in [0.5, 0.6) is 0 Å². The third kappa shape index (κ3) is 2.58. The number of aryl methyl sites for hydroxylation is 2. The lowest BCUT2D eigenvalue weighted by molar-refractivity contribution is -0.0390. The predicted octanol–water partition coefficient (Wildman–Crippen LogP) is 0.320. The lowest BCUT2D eigenvalue weighted by Gasteiger charge is -2.33. The van der Waals surface area contributed by atoms with E-state index in [1.54, 1.807) is 10.9 Å². The lowest BCUT2D eigenvalue weighted by atomic mass is 10.1. The van der Waals surface area contributed by atoms with Gasteiger partial charge in [-0.15, -0.1) is 0 Å². The maximum Gasteiger partial charge on any atom is 0.255 e. The molecule has 0 aromatic carbocycles. The molecule has 6 heteroatoms. The minimum Gasteiger partial charge on any atom is -0.376 e. The number of fused-ring (bicyclic) bond motifs is 1. The van der Waals surface area contributed by atoms with E-state index in [-0.39, 0.29) is 11.9 Å². The SMILES string of the molecule is Cc1nn(C)cc1C(=O)N[C@@H]1C[C@H]2CO[C@H](C)CN2C1. The molecule has 2 aliphatic rings. The average Bonchev–Trinajstić information content (AvgIpc) is 2.91. The number of amides is 1. The van der Waals surface area contributed by atoms with Gasteiger partial charge in [0.2, 0.25) is 0 Å². The second-order valence-electron chi connectivity index (χ2n) is 5.96. The monoisotopic (exact) mass is 278 g/mol. The number of carbonyl (C=O) groups excluding carboxylic acids is 1. The lowest BCUT2D eigenvalue weighted by Crippen LogP contribution is -2.45. The molecule has 1 N–H and O–H groups in total. The van der Waals surface area contributed by atoms with Crippen molar-refractivity contribution >= 4 is 5.91 Å². The molecular formula is C14H22N4O2. The molecule has 0 unspecified atom stereocenters. The number of rotatable bonds is 2. The van der Waals surface area contributed by atoms with Crippen molar-refractivity contribution in [1.29, 1.82) is 0 Å². The van der Waals surface area contributed by atoms with Crippen molar-refractivity contribution in [3.8, 4) is 0 Å². The van der Waals surface area contributed by atoms with Crippen LogP contribution in [0.15, 0.2) is 6.20 Å². The van der Waals surface area contributed by atoms with Crippen LogP contribution in [-0.4, -0.2) is 58.5 Å². The Kier molecular flexibility index (Phi) is 3.52. The van der Waals surface area contributed by atoms with Crippen LogP contribution in [0.1, 0.15) is 29.4 Å². The molecule has 3 atom stereocenters. The zero-order valence-corrected chi connectivity index (χ0v) is 12.3. The molecule has 0 aliphatic carbocycles. The number of hydrogen-bond donors (Lipinski definition) is 1.